The molecule has 1 fully saturated rings. The molecule has 0 bridgehead atoms. The van der Waals surface area contributed by atoms with E-state index in [-0.39, 0.29) is 17.3 Å². The number of anilines is 3. The number of nitrogens with one attached hydrogen (secondary N) is 1. The molecule has 1 amide bonds. The molecule has 1 aliphatic heterocycles. The molecule has 0 unspecified atom stereocenters. The minimum absolute atomic E-state index is 0.191. The summed E-state index contributed by atoms with van der Waals surface area (Å²) < 4.78 is 5.39. The summed E-state index contributed by atoms with van der Waals surface area (Å²) in [4.78, 5) is 23.3. The van der Waals surface area contributed by atoms with Gasteiger partial charge in [-0.2, -0.15) is 4.98 Å². The summed E-state index contributed by atoms with van der Waals surface area (Å²) in [7, 11) is 0. The van der Waals surface area contributed by atoms with Crippen LogP contribution in [0.5, 0.6) is 5.75 Å². The summed E-state index contributed by atoms with van der Waals surface area (Å²) in [6, 6.07) is 7.17. The molecule has 3 rings (SSSR count). The van der Waals surface area contributed by atoms with Gasteiger partial charge in [-0.3, -0.25) is 4.79 Å². The van der Waals surface area contributed by atoms with Crippen molar-refractivity contribution in [3.05, 3.63) is 36.0 Å². The molecule has 1 atom stereocenters. The average molecular weight is 355 g/mol. The Balaban J connectivity index is 1.69. The third-order valence-corrected chi connectivity index (χ3v) is 4.41. The van der Waals surface area contributed by atoms with Crippen molar-refractivity contribution >= 4 is 23.4 Å². The van der Waals surface area contributed by atoms with Gasteiger partial charge in [0.15, 0.2) is 0 Å². The van der Waals surface area contributed by atoms with E-state index >= 15 is 0 Å². The van der Waals surface area contributed by atoms with Crippen LogP contribution < -0.4 is 20.7 Å². The van der Waals surface area contributed by atoms with Gasteiger partial charge in [-0.15, -0.1) is 0 Å². The van der Waals surface area contributed by atoms with Crippen LogP contribution >= 0.6 is 0 Å². The Kier molecular flexibility index (Phi) is 5.55. The second kappa shape index (κ2) is 8.03. The molecule has 2 aromatic rings. The lowest BCUT2D eigenvalue weighted by Gasteiger charge is -2.31. The predicted octanol–water partition coefficient (Wildman–Crippen LogP) is 2.95. The lowest BCUT2D eigenvalue weighted by Crippen LogP contribution is -2.35. The number of amides is 1. The number of hydrogen-bond acceptors (Lipinski definition) is 6. The van der Waals surface area contributed by atoms with Gasteiger partial charge < -0.3 is 20.7 Å². The smallest absolute Gasteiger partial charge is 0.260 e. The largest absolute Gasteiger partial charge is 0.494 e. The molecule has 7 heteroatoms. The van der Waals surface area contributed by atoms with Crippen LogP contribution in [0.25, 0.3) is 0 Å². The van der Waals surface area contributed by atoms with Crippen LogP contribution in [-0.4, -0.2) is 35.6 Å². The van der Waals surface area contributed by atoms with Gasteiger partial charge in [0.1, 0.15) is 17.1 Å². The monoisotopic (exact) mass is 355 g/mol. The average Bonchev–Trinajstić information content (AvgIpc) is 2.63. The van der Waals surface area contributed by atoms with Gasteiger partial charge >= 0.3 is 0 Å². The third kappa shape index (κ3) is 4.22. The summed E-state index contributed by atoms with van der Waals surface area (Å²) >= 11 is 0. The predicted molar refractivity (Wildman–Crippen MR) is 103 cm³/mol. The van der Waals surface area contributed by atoms with Crippen LogP contribution in [0.4, 0.5) is 17.5 Å². The van der Waals surface area contributed by atoms with E-state index in [1.54, 1.807) is 24.3 Å². The van der Waals surface area contributed by atoms with Gasteiger partial charge in [0, 0.05) is 25.0 Å². The fourth-order valence-corrected chi connectivity index (χ4v) is 3.08. The van der Waals surface area contributed by atoms with Crippen molar-refractivity contribution in [1.82, 2.24) is 9.97 Å². The lowest BCUT2D eigenvalue weighted by atomic mass is 10.0. The first-order chi connectivity index (χ1) is 12.6. The third-order valence-electron chi connectivity index (χ3n) is 4.41. The van der Waals surface area contributed by atoms with Gasteiger partial charge in [0.2, 0.25) is 5.95 Å². The van der Waals surface area contributed by atoms with E-state index in [0.717, 1.165) is 25.3 Å². The zero-order valence-corrected chi connectivity index (χ0v) is 15.2. The maximum atomic E-state index is 12.5. The highest BCUT2D eigenvalue weighted by molar-refractivity contribution is 6.07. The van der Waals surface area contributed by atoms with Crippen molar-refractivity contribution in [2.24, 2.45) is 5.92 Å². The Bertz CT molecular complexity index is 763. The number of nitrogen functional groups attached to an aromatic ring is 1. The molecule has 0 spiro atoms. The van der Waals surface area contributed by atoms with E-state index in [1.165, 1.54) is 12.6 Å². The van der Waals surface area contributed by atoms with Crippen LogP contribution in [0.3, 0.4) is 0 Å². The van der Waals surface area contributed by atoms with E-state index in [1.807, 2.05) is 6.92 Å². The molecule has 0 radical (unpaired) electrons. The Morgan fingerprint density at radius 3 is 2.81 bits per heavy atom. The second-order valence-electron chi connectivity index (χ2n) is 6.57. The van der Waals surface area contributed by atoms with Crippen molar-refractivity contribution in [1.29, 1.82) is 0 Å². The number of carbonyl (C=O) groups is 1. The van der Waals surface area contributed by atoms with Gasteiger partial charge in [-0.25, -0.2) is 4.98 Å². The highest BCUT2D eigenvalue weighted by Crippen LogP contribution is 2.22. The molecule has 26 heavy (non-hydrogen) atoms. The fraction of sp³-hybridized carbons (Fsp3) is 0.421. The zero-order chi connectivity index (χ0) is 18.5. The number of ether oxygens (including phenoxy) is 1. The number of nitrogens with zero attached hydrogens (tertiary/aromatic N) is 3. The maximum absolute atomic E-state index is 12.5. The molecule has 138 valence electrons. The number of nitrogens with two attached hydrogens (primary N) is 1. The molecule has 0 aliphatic carbocycles. The van der Waals surface area contributed by atoms with Crippen molar-refractivity contribution < 1.29 is 9.53 Å². The topological polar surface area (TPSA) is 93.4 Å². The first kappa shape index (κ1) is 18.0. The summed E-state index contributed by atoms with van der Waals surface area (Å²) in [6.45, 7) is 6.57. The van der Waals surface area contributed by atoms with Gasteiger partial charge in [0.25, 0.3) is 5.91 Å². The number of piperidine rings is 1. The maximum Gasteiger partial charge on any atom is 0.260 e. The van der Waals surface area contributed by atoms with Crippen molar-refractivity contribution in [3.63, 3.8) is 0 Å². The summed E-state index contributed by atoms with van der Waals surface area (Å²) in [5.74, 6) is 1.82. The molecule has 2 heterocycles. The molecular weight excluding hydrogens is 330 g/mol. The van der Waals surface area contributed by atoms with Gasteiger partial charge in [-0.1, -0.05) is 6.92 Å². The molecule has 1 aromatic heterocycles. The Hall–Kier alpha value is -2.83. The number of hydrogen-bond donors (Lipinski definition) is 2. The highest BCUT2D eigenvalue weighted by Gasteiger charge is 2.20. The number of rotatable bonds is 5. The molecule has 1 saturated heterocycles. The standard InChI is InChI=1S/C19H25N5O2/c1-3-26-15-8-6-14(7-9-15)22-18(25)16-11-21-19(23-17(16)20)24-10-4-5-13(2)12-24/h6-9,11,13H,3-5,10,12H2,1-2H3,(H,22,25)(H2,20,21,23)/t13-/m0/s1. The number of benzene rings is 1. The van der Waals surface area contributed by atoms with Gasteiger partial charge in [0.05, 0.1) is 6.61 Å². The van der Waals surface area contributed by atoms with E-state index in [4.69, 9.17) is 10.5 Å². The molecule has 7 nitrogen and oxygen atoms in total. The van der Waals surface area contributed by atoms with Crippen molar-refractivity contribution in [2.75, 3.05) is 35.6 Å². The van der Waals surface area contributed by atoms with Crippen LogP contribution in [0, 0.1) is 5.92 Å². The Morgan fingerprint density at radius 2 is 2.15 bits per heavy atom. The number of carbonyl (C=O) groups excluding carboxylic acids is 1. The molecular formula is C19H25N5O2. The van der Waals surface area contributed by atoms with Gasteiger partial charge in [-0.05, 0) is 49.9 Å². The minimum Gasteiger partial charge on any atom is -0.494 e. The van der Waals surface area contributed by atoms with Crippen molar-refractivity contribution in [2.45, 2.75) is 26.7 Å². The Labute approximate surface area is 153 Å². The summed E-state index contributed by atoms with van der Waals surface area (Å²) in [5.41, 5.74) is 6.95. The first-order valence-corrected chi connectivity index (χ1v) is 8.98. The lowest BCUT2D eigenvalue weighted by molar-refractivity contribution is 0.102. The zero-order valence-electron chi connectivity index (χ0n) is 15.2. The van der Waals surface area contributed by atoms with Crippen LogP contribution in [0.15, 0.2) is 30.5 Å². The van der Waals surface area contributed by atoms with E-state index in [0.29, 0.717) is 24.2 Å². The fourth-order valence-electron chi connectivity index (χ4n) is 3.08. The van der Waals surface area contributed by atoms with E-state index < -0.39 is 0 Å². The minimum atomic E-state index is -0.328. The van der Waals surface area contributed by atoms with Crippen LogP contribution in [-0.2, 0) is 0 Å². The molecule has 1 aliphatic rings. The van der Waals surface area contributed by atoms with Crippen LogP contribution in [0.2, 0.25) is 0 Å². The second-order valence-corrected chi connectivity index (χ2v) is 6.57. The highest BCUT2D eigenvalue weighted by atomic mass is 16.5. The van der Waals surface area contributed by atoms with Crippen molar-refractivity contribution in [3.8, 4) is 5.75 Å². The van der Waals surface area contributed by atoms with E-state index in [9.17, 15) is 4.79 Å². The molecule has 0 saturated carbocycles. The normalized spacial score (nSPS) is 17.0. The summed E-state index contributed by atoms with van der Waals surface area (Å²) in [6.07, 6.45) is 3.83. The van der Waals surface area contributed by atoms with Crippen LogP contribution in [0.1, 0.15) is 37.0 Å². The quantitative estimate of drug-likeness (QED) is 0.856. The first-order valence-electron chi connectivity index (χ1n) is 8.98. The van der Waals surface area contributed by atoms with E-state index in [2.05, 4.69) is 27.1 Å². The SMILES string of the molecule is CCOc1ccc(NC(=O)c2cnc(N3CCC[C@H](C)C3)nc2N)cc1. The summed E-state index contributed by atoms with van der Waals surface area (Å²) in [5, 5.41) is 2.81. The molecule has 3 N–H and O–H groups in total. The number of aromatic nitrogens is 2. The Morgan fingerprint density at radius 1 is 1.38 bits per heavy atom. The molecule has 1 aromatic carbocycles.